The Kier molecular flexibility index (Phi) is 5.91. The minimum absolute atomic E-state index is 0.0305. The molecule has 4 heterocycles. The number of sulfone groups is 1. The van der Waals surface area contributed by atoms with E-state index in [1.165, 1.54) is 0 Å². The van der Waals surface area contributed by atoms with Gasteiger partial charge in [0, 0.05) is 18.6 Å². The highest BCUT2D eigenvalue weighted by Crippen LogP contribution is 2.31. The van der Waals surface area contributed by atoms with Gasteiger partial charge in [0.05, 0.1) is 39.2 Å². The molecule has 0 spiro atoms. The fourth-order valence-electron chi connectivity index (χ4n) is 4.09. The van der Waals surface area contributed by atoms with Gasteiger partial charge in [-0.2, -0.15) is 5.10 Å². The molecule has 0 aromatic carbocycles. The van der Waals surface area contributed by atoms with E-state index < -0.39 is 9.84 Å². The van der Waals surface area contributed by atoms with Crippen LogP contribution in [0.5, 0.6) is 0 Å². The van der Waals surface area contributed by atoms with E-state index in [0.717, 1.165) is 10.6 Å². The molecule has 0 saturated carbocycles. The molecular formula is C22H28N4O3S2. The van der Waals surface area contributed by atoms with Crippen molar-refractivity contribution in [3.05, 3.63) is 35.3 Å². The number of hydrogen-bond donors (Lipinski definition) is 0. The third-order valence-electron chi connectivity index (χ3n) is 5.53. The molecule has 3 aromatic heterocycles. The highest BCUT2D eigenvalue weighted by Gasteiger charge is 2.36. The smallest absolute Gasteiger partial charge is 0.255 e. The number of carbonyl (C=O) groups excluding carboxylic acids is 1. The van der Waals surface area contributed by atoms with Crippen LogP contribution in [0, 0.1) is 5.92 Å². The number of carbonyl (C=O) groups is 1. The molecule has 166 valence electrons. The molecule has 1 aliphatic rings. The van der Waals surface area contributed by atoms with E-state index >= 15 is 0 Å². The molecule has 1 fully saturated rings. The maximum Gasteiger partial charge on any atom is 0.255 e. The number of pyridine rings is 1. The second kappa shape index (κ2) is 8.35. The summed E-state index contributed by atoms with van der Waals surface area (Å²) in [4.78, 5) is 21.4. The van der Waals surface area contributed by atoms with Gasteiger partial charge in [-0.05, 0) is 43.7 Å². The Labute approximate surface area is 187 Å². The monoisotopic (exact) mass is 460 g/mol. The Morgan fingerprint density at radius 3 is 2.68 bits per heavy atom. The van der Waals surface area contributed by atoms with Crippen LogP contribution in [-0.4, -0.2) is 58.1 Å². The third-order valence-corrected chi connectivity index (χ3v) is 8.17. The van der Waals surface area contributed by atoms with E-state index in [0.29, 0.717) is 29.6 Å². The van der Waals surface area contributed by atoms with Gasteiger partial charge < -0.3 is 4.90 Å². The molecule has 1 atom stereocenters. The highest BCUT2D eigenvalue weighted by atomic mass is 32.2. The fraction of sp³-hybridized carbons (Fsp3) is 0.500. The molecule has 31 heavy (non-hydrogen) atoms. The van der Waals surface area contributed by atoms with Crippen molar-refractivity contribution in [2.24, 2.45) is 5.92 Å². The normalized spacial score (nSPS) is 18.3. The van der Waals surface area contributed by atoms with Gasteiger partial charge in [-0.25, -0.2) is 18.1 Å². The number of amides is 1. The lowest BCUT2D eigenvalue weighted by molar-refractivity contribution is 0.0674. The van der Waals surface area contributed by atoms with E-state index in [1.54, 1.807) is 22.4 Å². The second-order valence-electron chi connectivity index (χ2n) is 8.86. The van der Waals surface area contributed by atoms with Crippen LogP contribution in [0.1, 0.15) is 50.5 Å². The SMILES string of the molecule is CC(C)CN(C(=O)c1cc(-c2cccs2)nc2c1cnn2C(C)C)C1CCS(=O)(=O)C1. The van der Waals surface area contributed by atoms with Crippen LogP contribution in [0.3, 0.4) is 0 Å². The topological polar surface area (TPSA) is 85.2 Å². The second-order valence-corrected chi connectivity index (χ2v) is 12.0. The summed E-state index contributed by atoms with van der Waals surface area (Å²) in [6.45, 7) is 8.65. The zero-order valence-electron chi connectivity index (χ0n) is 18.3. The van der Waals surface area contributed by atoms with E-state index in [4.69, 9.17) is 4.98 Å². The summed E-state index contributed by atoms with van der Waals surface area (Å²) in [6, 6.07) is 5.58. The van der Waals surface area contributed by atoms with Crippen molar-refractivity contribution in [1.29, 1.82) is 0 Å². The largest absolute Gasteiger partial charge is 0.334 e. The van der Waals surface area contributed by atoms with Gasteiger partial charge in [0.2, 0.25) is 0 Å². The van der Waals surface area contributed by atoms with Crippen LogP contribution in [-0.2, 0) is 9.84 Å². The molecular weight excluding hydrogens is 432 g/mol. The molecule has 1 saturated heterocycles. The summed E-state index contributed by atoms with van der Waals surface area (Å²) in [5.74, 6) is 0.240. The zero-order valence-corrected chi connectivity index (χ0v) is 19.9. The standard InChI is InChI=1S/C22H28N4O3S2/c1-14(2)12-25(16-7-9-31(28,29)13-16)22(27)17-10-19(20-6-5-8-30-20)24-21-18(17)11-23-26(21)15(3)4/h5-6,8,10-11,14-16H,7,9,12-13H2,1-4H3. The molecule has 3 aromatic rings. The third kappa shape index (κ3) is 4.39. The number of hydrogen-bond acceptors (Lipinski definition) is 6. The van der Waals surface area contributed by atoms with Crippen molar-refractivity contribution >= 4 is 38.1 Å². The molecule has 1 aliphatic heterocycles. The highest BCUT2D eigenvalue weighted by molar-refractivity contribution is 7.91. The predicted octanol–water partition coefficient (Wildman–Crippen LogP) is 4.03. The molecule has 1 unspecified atom stereocenters. The summed E-state index contributed by atoms with van der Waals surface area (Å²) in [5.41, 5.74) is 1.94. The van der Waals surface area contributed by atoms with Crippen LogP contribution in [0.15, 0.2) is 29.8 Å². The van der Waals surface area contributed by atoms with Gasteiger partial charge in [-0.1, -0.05) is 19.9 Å². The first kappa shape index (κ1) is 22.0. The number of nitrogens with zero attached hydrogens (tertiary/aromatic N) is 4. The van der Waals surface area contributed by atoms with Crippen molar-refractivity contribution in [1.82, 2.24) is 19.7 Å². The Balaban J connectivity index is 1.85. The Morgan fingerprint density at radius 2 is 2.10 bits per heavy atom. The molecule has 0 aliphatic carbocycles. The van der Waals surface area contributed by atoms with E-state index in [1.807, 2.05) is 56.0 Å². The van der Waals surface area contributed by atoms with Crippen LogP contribution in [0.2, 0.25) is 0 Å². The average molecular weight is 461 g/mol. The number of aromatic nitrogens is 3. The molecule has 0 N–H and O–H groups in total. The summed E-state index contributed by atoms with van der Waals surface area (Å²) in [5, 5.41) is 7.18. The van der Waals surface area contributed by atoms with Crippen LogP contribution >= 0.6 is 11.3 Å². The van der Waals surface area contributed by atoms with Gasteiger partial charge in [-0.15, -0.1) is 11.3 Å². The minimum atomic E-state index is -3.11. The van der Waals surface area contributed by atoms with Crippen molar-refractivity contribution in [2.75, 3.05) is 18.1 Å². The molecule has 9 heteroatoms. The van der Waals surface area contributed by atoms with Gasteiger partial charge in [0.15, 0.2) is 15.5 Å². The predicted molar refractivity (Wildman–Crippen MR) is 124 cm³/mol. The Morgan fingerprint density at radius 1 is 1.32 bits per heavy atom. The van der Waals surface area contributed by atoms with Gasteiger partial charge in [-0.3, -0.25) is 4.79 Å². The molecule has 1 amide bonds. The van der Waals surface area contributed by atoms with Gasteiger partial charge in [0.25, 0.3) is 5.91 Å². The minimum Gasteiger partial charge on any atom is -0.334 e. The van der Waals surface area contributed by atoms with E-state index in [2.05, 4.69) is 5.10 Å². The van der Waals surface area contributed by atoms with E-state index in [-0.39, 0.29) is 35.4 Å². The van der Waals surface area contributed by atoms with Crippen LogP contribution < -0.4 is 0 Å². The lowest BCUT2D eigenvalue weighted by atomic mass is 10.1. The summed E-state index contributed by atoms with van der Waals surface area (Å²) in [7, 11) is -3.11. The van der Waals surface area contributed by atoms with Crippen molar-refractivity contribution in [2.45, 2.75) is 46.2 Å². The quantitative estimate of drug-likeness (QED) is 0.554. The van der Waals surface area contributed by atoms with Crippen molar-refractivity contribution in [3.63, 3.8) is 0 Å². The first-order valence-corrected chi connectivity index (χ1v) is 13.3. The van der Waals surface area contributed by atoms with Crippen molar-refractivity contribution < 1.29 is 13.2 Å². The van der Waals surface area contributed by atoms with E-state index in [9.17, 15) is 13.2 Å². The fourth-order valence-corrected chi connectivity index (χ4v) is 6.51. The van der Waals surface area contributed by atoms with Crippen molar-refractivity contribution in [3.8, 4) is 10.6 Å². The molecule has 7 nitrogen and oxygen atoms in total. The summed E-state index contributed by atoms with van der Waals surface area (Å²) in [6.07, 6.45) is 2.19. The van der Waals surface area contributed by atoms with Gasteiger partial charge in [0.1, 0.15) is 0 Å². The van der Waals surface area contributed by atoms with Crippen LogP contribution in [0.4, 0.5) is 0 Å². The lowest BCUT2D eigenvalue weighted by Gasteiger charge is -2.30. The maximum absolute atomic E-state index is 13.9. The average Bonchev–Trinajstić information content (AvgIpc) is 3.43. The Bertz CT molecular complexity index is 1200. The first-order chi connectivity index (χ1) is 14.7. The molecule has 0 radical (unpaired) electrons. The number of fused-ring (bicyclic) bond motifs is 1. The summed E-state index contributed by atoms with van der Waals surface area (Å²) >= 11 is 1.57. The summed E-state index contributed by atoms with van der Waals surface area (Å²) < 4.78 is 26.1. The molecule has 0 bridgehead atoms. The number of thiophene rings is 1. The maximum atomic E-state index is 13.9. The van der Waals surface area contributed by atoms with Gasteiger partial charge >= 0.3 is 0 Å². The molecule has 4 rings (SSSR count). The first-order valence-electron chi connectivity index (χ1n) is 10.6. The number of rotatable bonds is 6. The van der Waals surface area contributed by atoms with Crippen LogP contribution in [0.25, 0.3) is 21.6 Å². The Hall–Kier alpha value is -2.26. The zero-order chi connectivity index (χ0) is 22.3. The lowest BCUT2D eigenvalue weighted by Crippen LogP contribution is -2.43.